The Morgan fingerprint density at radius 1 is 0.871 bits per heavy atom. The Morgan fingerprint density at radius 2 is 1.48 bits per heavy atom. The summed E-state index contributed by atoms with van der Waals surface area (Å²) < 4.78 is 0. The second-order valence-electron chi connectivity index (χ2n) is 7.48. The summed E-state index contributed by atoms with van der Waals surface area (Å²) in [5.41, 5.74) is 3.28. The molecule has 2 N–H and O–H groups in total. The maximum atomic E-state index is 13.1. The van der Waals surface area contributed by atoms with Gasteiger partial charge in [0, 0.05) is 11.3 Å². The molecule has 0 fully saturated rings. The van der Waals surface area contributed by atoms with Crippen LogP contribution in [0.1, 0.15) is 35.7 Å². The lowest BCUT2D eigenvalue weighted by atomic mass is 10.1. The second kappa shape index (κ2) is 8.83. The Morgan fingerprint density at radius 3 is 2.19 bits per heavy atom. The van der Waals surface area contributed by atoms with E-state index in [1.807, 2.05) is 78.9 Å². The van der Waals surface area contributed by atoms with Crippen molar-refractivity contribution in [3.63, 3.8) is 0 Å². The predicted molar refractivity (Wildman–Crippen MR) is 118 cm³/mol. The highest BCUT2D eigenvalue weighted by Gasteiger charge is 2.38. The molecule has 2 atom stereocenters. The summed E-state index contributed by atoms with van der Waals surface area (Å²) in [6.45, 7) is 2.19. The SMILES string of the molecule is C[C@@H](NC(=O)C(=O)N[C@H]1C(=O)N(Cc2ccccc2)c2ccccc21)c1ccccc1. The molecule has 0 bridgehead atoms. The molecule has 31 heavy (non-hydrogen) atoms. The van der Waals surface area contributed by atoms with E-state index in [-0.39, 0.29) is 11.9 Å². The van der Waals surface area contributed by atoms with Gasteiger partial charge in [-0.2, -0.15) is 0 Å². The molecule has 0 radical (unpaired) electrons. The van der Waals surface area contributed by atoms with E-state index in [4.69, 9.17) is 0 Å². The number of anilines is 1. The summed E-state index contributed by atoms with van der Waals surface area (Å²) in [6.07, 6.45) is 0. The van der Waals surface area contributed by atoms with Gasteiger partial charge in [-0.3, -0.25) is 14.4 Å². The maximum absolute atomic E-state index is 13.1. The fourth-order valence-electron chi connectivity index (χ4n) is 3.74. The summed E-state index contributed by atoms with van der Waals surface area (Å²) >= 11 is 0. The second-order valence-corrected chi connectivity index (χ2v) is 7.48. The molecule has 1 aliphatic rings. The van der Waals surface area contributed by atoms with Crippen LogP contribution in [0.5, 0.6) is 0 Å². The zero-order valence-corrected chi connectivity index (χ0v) is 17.1. The van der Waals surface area contributed by atoms with Crippen molar-refractivity contribution in [2.24, 2.45) is 0 Å². The number of fused-ring (bicyclic) bond motifs is 1. The van der Waals surface area contributed by atoms with Crippen LogP contribution in [0.15, 0.2) is 84.9 Å². The van der Waals surface area contributed by atoms with E-state index >= 15 is 0 Å². The van der Waals surface area contributed by atoms with Crippen molar-refractivity contribution in [2.75, 3.05) is 4.90 Å². The fourth-order valence-corrected chi connectivity index (χ4v) is 3.74. The summed E-state index contributed by atoms with van der Waals surface area (Å²) in [4.78, 5) is 39.8. The lowest BCUT2D eigenvalue weighted by molar-refractivity contribution is -0.140. The molecule has 156 valence electrons. The molecule has 3 aromatic rings. The molecule has 0 unspecified atom stereocenters. The number of amides is 3. The molecular formula is C25H23N3O3. The topological polar surface area (TPSA) is 78.5 Å². The average molecular weight is 413 g/mol. The van der Waals surface area contributed by atoms with Gasteiger partial charge in [0.1, 0.15) is 6.04 Å². The molecule has 4 rings (SSSR count). The zero-order chi connectivity index (χ0) is 21.8. The van der Waals surface area contributed by atoms with Crippen molar-refractivity contribution in [2.45, 2.75) is 25.6 Å². The smallest absolute Gasteiger partial charge is 0.310 e. The molecule has 6 nitrogen and oxygen atoms in total. The van der Waals surface area contributed by atoms with Crippen LogP contribution < -0.4 is 15.5 Å². The van der Waals surface area contributed by atoms with Crippen molar-refractivity contribution in [1.82, 2.24) is 10.6 Å². The first-order chi connectivity index (χ1) is 15.0. The molecule has 0 spiro atoms. The quantitative estimate of drug-likeness (QED) is 0.630. The van der Waals surface area contributed by atoms with Gasteiger partial charge in [-0.15, -0.1) is 0 Å². The molecular weight excluding hydrogens is 390 g/mol. The first kappa shape index (κ1) is 20.3. The summed E-state index contributed by atoms with van der Waals surface area (Å²) in [6, 6.07) is 25.1. The number of benzene rings is 3. The van der Waals surface area contributed by atoms with E-state index < -0.39 is 17.9 Å². The monoisotopic (exact) mass is 413 g/mol. The van der Waals surface area contributed by atoms with Crippen molar-refractivity contribution >= 4 is 23.4 Å². The van der Waals surface area contributed by atoms with Crippen LogP contribution in [0.4, 0.5) is 5.69 Å². The van der Waals surface area contributed by atoms with Gasteiger partial charge in [0.2, 0.25) is 0 Å². The fraction of sp³-hybridized carbons (Fsp3) is 0.160. The van der Waals surface area contributed by atoms with Crippen LogP contribution in [0.2, 0.25) is 0 Å². The molecule has 0 saturated heterocycles. The lowest BCUT2D eigenvalue weighted by Gasteiger charge is -2.19. The zero-order valence-electron chi connectivity index (χ0n) is 17.1. The molecule has 6 heteroatoms. The third-order valence-corrected chi connectivity index (χ3v) is 5.36. The molecule has 1 aliphatic heterocycles. The van der Waals surface area contributed by atoms with Gasteiger partial charge in [0.15, 0.2) is 0 Å². The standard InChI is InChI=1S/C25H23N3O3/c1-17(19-12-6-3-7-13-19)26-23(29)24(30)27-22-20-14-8-9-15-21(20)28(25(22)31)16-18-10-4-2-5-11-18/h2-15,17,22H,16H2,1H3,(H,26,29)(H,27,30)/t17-,22-/m1/s1. The number of hydrogen-bond donors (Lipinski definition) is 2. The summed E-state index contributed by atoms with van der Waals surface area (Å²) in [7, 11) is 0. The van der Waals surface area contributed by atoms with Crippen LogP contribution in [-0.4, -0.2) is 17.7 Å². The molecule has 0 aliphatic carbocycles. The maximum Gasteiger partial charge on any atom is 0.310 e. The Hall–Kier alpha value is -3.93. The number of nitrogens with zero attached hydrogens (tertiary/aromatic N) is 1. The van der Waals surface area contributed by atoms with Gasteiger partial charge in [-0.25, -0.2) is 0 Å². The molecule has 0 saturated carbocycles. The van der Waals surface area contributed by atoms with Gasteiger partial charge >= 0.3 is 11.8 Å². The van der Waals surface area contributed by atoms with E-state index in [0.717, 1.165) is 16.8 Å². The highest BCUT2D eigenvalue weighted by molar-refractivity contribution is 6.35. The number of carbonyl (C=O) groups is 3. The van der Waals surface area contributed by atoms with Crippen LogP contribution in [0.3, 0.4) is 0 Å². The Labute approximate surface area is 180 Å². The van der Waals surface area contributed by atoms with Crippen LogP contribution in [0, 0.1) is 0 Å². The van der Waals surface area contributed by atoms with Crippen LogP contribution in [-0.2, 0) is 20.9 Å². The van der Waals surface area contributed by atoms with E-state index in [1.165, 1.54) is 0 Å². The Kier molecular flexibility index (Phi) is 5.80. The van der Waals surface area contributed by atoms with E-state index in [1.54, 1.807) is 17.9 Å². The average Bonchev–Trinajstić information content (AvgIpc) is 3.06. The minimum Gasteiger partial charge on any atom is -0.341 e. The minimum absolute atomic E-state index is 0.262. The predicted octanol–water partition coefficient (Wildman–Crippen LogP) is 3.27. The molecule has 1 heterocycles. The van der Waals surface area contributed by atoms with Crippen molar-refractivity contribution in [3.05, 3.63) is 102 Å². The number of nitrogens with one attached hydrogen (secondary N) is 2. The molecule has 3 aromatic carbocycles. The largest absolute Gasteiger partial charge is 0.341 e. The normalized spacial score (nSPS) is 15.8. The van der Waals surface area contributed by atoms with E-state index in [9.17, 15) is 14.4 Å². The van der Waals surface area contributed by atoms with Crippen molar-refractivity contribution in [1.29, 1.82) is 0 Å². The van der Waals surface area contributed by atoms with Crippen LogP contribution in [0.25, 0.3) is 0 Å². The minimum atomic E-state index is -0.898. The van der Waals surface area contributed by atoms with Gasteiger partial charge in [-0.05, 0) is 24.1 Å². The van der Waals surface area contributed by atoms with Gasteiger partial charge in [0.25, 0.3) is 5.91 Å². The van der Waals surface area contributed by atoms with E-state index in [0.29, 0.717) is 12.1 Å². The number of para-hydroxylation sites is 1. The highest BCUT2D eigenvalue weighted by Crippen LogP contribution is 2.36. The summed E-state index contributed by atoms with van der Waals surface area (Å²) in [5, 5.41) is 5.30. The third-order valence-electron chi connectivity index (χ3n) is 5.36. The molecule has 3 amide bonds. The van der Waals surface area contributed by atoms with Gasteiger partial charge < -0.3 is 15.5 Å². The number of hydrogen-bond acceptors (Lipinski definition) is 3. The van der Waals surface area contributed by atoms with Gasteiger partial charge in [0.05, 0.1) is 12.6 Å². The van der Waals surface area contributed by atoms with Crippen molar-refractivity contribution in [3.8, 4) is 0 Å². The summed E-state index contributed by atoms with van der Waals surface area (Å²) in [5.74, 6) is -1.87. The first-order valence-electron chi connectivity index (χ1n) is 10.1. The first-order valence-corrected chi connectivity index (χ1v) is 10.1. The van der Waals surface area contributed by atoms with Crippen molar-refractivity contribution < 1.29 is 14.4 Å². The highest BCUT2D eigenvalue weighted by atomic mass is 16.2. The Bertz CT molecular complexity index is 1100. The van der Waals surface area contributed by atoms with E-state index in [2.05, 4.69) is 10.6 Å². The van der Waals surface area contributed by atoms with Gasteiger partial charge in [-0.1, -0.05) is 78.9 Å². The Balaban J connectivity index is 1.48. The van der Waals surface area contributed by atoms with Crippen LogP contribution >= 0.6 is 0 Å². The molecule has 0 aromatic heterocycles. The lowest BCUT2D eigenvalue weighted by Crippen LogP contribution is -2.45. The number of carbonyl (C=O) groups excluding carboxylic acids is 3. The number of rotatable bonds is 5. The third kappa shape index (κ3) is 4.33.